The highest BCUT2D eigenvalue weighted by Crippen LogP contribution is 2.19. The smallest absolute Gasteiger partial charge is 0.141 e. The number of rotatable bonds is 6. The first-order valence-electron chi connectivity index (χ1n) is 5.78. The molecule has 0 saturated carbocycles. The van der Waals surface area contributed by atoms with Crippen LogP contribution in [0.2, 0.25) is 5.02 Å². The highest BCUT2D eigenvalue weighted by molar-refractivity contribution is 6.30. The third kappa shape index (κ3) is 4.50. The zero-order valence-corrected chi connectivity index (χ0v) is 10.6. The van der Waals surface area contributed by atoms with Gasteiger partial charge < -0.3 is 5.32 Å². The fourth-order valence-corrected chi connectivity index (χ4v) is 1.90. The number of benzene rings is 1. The summed E-state index contributed by atoms with van der Waals surface area (Å²) in [6.45, 7) is 6.35. The van der Waals surface area contributed by atoms with Crippen LogP contribution in [0, 0.1) is 11.7 Å². The van der Waals surface area contributed by atoms with E-state index in [0.717, 1.165) is 31.5 Å². The molecule has 0 aliphatic carbocycles. The standard InChI is InChI=1S/C13H19ClFN/c1-3-16-7-6-10(2)8-11-4-5-13(15)12(14)9-11/h4-5,9-10,16H,3,6-8H2,1-2H3. The van der Waals surface area contributed by atoms with Crippen LogP contribution in [0.25, 0.3) is 0 Å². The molecule has 90 valence electrons. The van der Waals surface area contributed by atoms with Gasteiger partial charge in [0, 0.05) is 0 Å². The largest absolute Gasteiger partial charge is 0.317 e. The highest BCUT2D eigenvalue weighted by Gasteiger charge is 2.06. The number of hydrogen-bond donors (Lipinski definition) is 1. The molecule has 1 aromatic rings. The molecule has 0 radical (unpaired) electrons. The molecule has 1 aromatic carbocycles. The Morgan fingerprint density at radius 1 is 1.44 bits per heavy atom. The van der Waals surface area contributed by atoms with Gasteiger partial charge in [-0.25, -0.2) is 4.39 Å². The molecule has 1 N–H and O–H groups in total. The van der Waals surface area contributed by atoms with Gasteiger partial charge in [0.15, 0.2) is 0 Å². The molecule has 0 saturated heterocycles. The number of halogens is 2. The van der Waals surface area contributed by atoms with Gasteiger partial charge in [-0.2, -0.15) is 0 Å². The predicted octanol–water partition coefficient (Wildman–Crippen LogP) is 3.66. The van der Waals surface area contributed by atoms with E-state index in [-0.39, 0.29) is 10.8 Å². The van der Waals surface area contributed by atoms with E-state index in [0.29, 0.717) is 5.92 Å². The summed E-state index contributed by atoms with van der Waals surface area (Å²) in [4.78, 5) is 0. The minimum atomic E-state index is -0.342. The maximum atomic E-state index is 12.9. The van der Waals surface area contributed by atoms with Gasteiger partial charge >= 0.3 is 0 Å². The second-order valence-electron chi connectivity index (χ2n) is 4.20. The lowest BCUT2D eigenvalue weighted by Crippen LogP contribution is -2.17. The van der Waals surface area contributed by atoms with Gasteiger partial charge in [0.2, 0.25) is 0 Å². The van der Waals surface area contributed by atoms with Gasteiger partial charge in [-0.3, -0.25) is 0 Å². The van der Waals surface area contributed by atoms with E-state index in [1.54, 1.807) is 6.07 Å². The van der Waals surface area contributed by atoms with Crippen LogP contribution in [0.1, 0.15) is 25.8 Å². The molecule has 1 rings (SSSR count). The van der Waals surface area contributed by atoms with Crippen LogP contribution < -0.4 is 5.32 Å². The average Bonchev–Trinajstić information content (AvgIpc) is 2.24. The Hall–Kier alpha value is -0.600. The van der Waals surface area contributed by atoms with Gasteiger partial charge in [0.1, 0.15) is 5.82 Å². The van der Waals surface area contributed by atoms with Crippen molar-refractivity contribution in [2.75, 3.05) is 13.1 Å². The van der Waals surface area contributed by atoms with Crippen LogP contribution >= 0.6 is 11.6 Å². The summed E-state index contributed by atoms with van der Waals surface area (Å²) in [5.74, 6) is 0.242. The van der Waals surface area contributed by atoms with Crippen molar-refractivity contribution in [2.24, 2.45) is 5.92 Å². The molecule has 1 unspecified atom stereocenters. The molecule has 0 bridgehead atoms. The molecule has 0 heterocycles. The van der Waals surface area contributed by atoms with Crippen molar-refractivity contribution in [1.29, 1.82) is 0 Å². The summed E-state index contributed by atoms with van der Waals surface area (Å²) in [6, 6.07) is 4.97. The molecule has 16 heavy (non-hydrogen) atoms. The molecule has 1 nitrogen and oxygen atoms in total. The van der Waals surface area contributed by atoms with Gasteiger partial charge in [-0.05, 0) is 49.5 Å². The summed E-state index contributed by atoms with van der Waals surface area (Å²) in [7, 11) is 0. The van der Waals surface area contributed by atoms with E-state index in [1.807, 2.05) is 6.07 Å². The van der Waals surface area contributed by atoms with E-state index in [4.69, 9.17) is 11.6 Å². The van der Waals surface area contributed by atoms with Crippen LogP contribution in [0.5, 0.6) is 0 Å². The Balaban J connectivity index is 2.43. The minimum absolute atomic E-state index is 0.219. The summed E-state index contributed by atoms with van der Waals surface area (Å²) in [6.07, 6.45) is 2.08. The van der Waals surface area contributed by atoms with Crippen molar-refractivity contribution in [2.45, 2.75) is 26.7 Å². The molecule has 0 amide bonds. The first-order valence-corrected chi connectivity index (χ1v) is 6.16. The molecule has 3 heteroatoms. The van der Waals surface area contributed by atoms with Crippen LogP contribution in [0.4, 0.5) is 4.39 Å². The third-order valence-electron chi connectivity index (χ3n) is 2.63. The Labute approximate surface area is 102 Å². The topological polar surface area (TPSA) is 12.0 Å². The van der Waals surface area contributed by atoms with E-state index in [9.17, 15) is 4.39 Å². The van der Waals surface area contributed by atoms with Crippen molar-refractivity contribution in [3.63, 3.8) is 0 Å². The lowest BCUT2D eigenvalue weighted by molar-refractivity contribution is 0.504. The van der Waals surface area contributed by atoms with Crippen LogP contribution in [0.15, 0.2) is 18.2 Å². The van der Waals surface area contributed by atoms with Gasteiger partial charge in [-0.15, -0.1) is 0 Å². The van der Waals surface area contributed by atoms with Crippen LogP contribution in [-0.4, -0.2) is 13.1 Å². The van der Waals surface area contributed by atoms with Gasteiger partial charge in [0.05, 0.1) is 5.02 Å². The maximum Gasteiger partial charge on any atom is 0.141 e. The van der Waals surface area contributed by atoms with E-state index in [1.165, 1.54) is 6.07 Å². The van der Waals surface area contributed by atoms with E-state index in [2.05, 4.69) is 19.2 Å². The molecule has 0 spiro atoms. The molecule has 0 aliphatic rings. The van der Waals surface area contributed by atoms with Crippen molar-refractivity contribution in [3.8, 4) is 0 Å². The highest BCUT2D eigenvalue weighted by atomic mass is 35.5. The third-order valence-corrected chi connectivity index (χ3v) is 2.92. The first-order chi connectivity index (χ1) is 7.63. The summed E-state index contributed by atoms with van der Waals surface area (Å²) < 4.78 is 12.9. The van der Waals surface area contributed by atoms with Crippen LogP contribution in [0.3, 0.4) is 0 Å². The summed E-state index contributed by atoms with van der Waals surface area (Å²) in [5, 5.41) is 3.52. The first kappa shape index (κ1) is 13.5. The Bertz CT molecular complexity index is 328. The SMILES string of the molecule is CCNCCC(C)Cc1ccc(F)c(Cl)c1. The maximum absolute atomic E-state index is 12.9. The second kappa shape index (κ2) is 6.87. The zero-order chi connectivity index (χ0) is 12.0. The van der Waals surface area contributed by atoms with Crippen molar-refractivity contribution in [1.82, 2.24) is 5.32 Å². The lowest BCUT2D eigenvalue weighted by atomic mass is 9.98. The predicted molar refractivity (Wildman–Crippen MR) is 67.4 cm³/mol. The number of hydrogen-bond acceptors (Lipinski definition) is 1. The summed E-state index contributed by atoms with van der Waals surface area (Å²) >= 11 is 5.74. The molecule has 0 aliphatic heterocycles. The molecule has 0 aromatic heterocycles. The molecular formula is C13H19ClFN. The Morgan fingerprint density at radius 2 is 2.19 bits per heavy atom. The molecule has 1 atom stereocenters. The Kier molecular flexibility index (Phi) is 5.78. The minimum Gasteiger partial charge on any atom is -0.317 e. The quantitative estimate of drug-likeness (QED) is 0.752. The van der Waals surface area contributed by atoms with Crippen molar-refractivity contribution in [3.05, 3.63) is 34.6 Å². The average molecular weight is 244 g/mol. The molecular weight excluding hydrogens is 225 g/mol. The fraction of sp³-hybridized carbons (Fsp3) is 0.538. The Morgan fingerprint density at radius 3 is 2.81 bits per heavy atom. The normalized spacial score (nSPS) is 12.8. The second-order valence-corrected chi connectivity index (χ2v) is 4.61. The van der Waals surface area contributed by atoms with E-state index >= 15 is 0 Å². The molecule has 0 fully saturated rings. The monoisotopic (exact) mass is 243 g/mol. The van der Waals surface area contributed by atoms with Gasteiger partial charge in [0.25, 0.3) is 0 Å². The summed E-state index contributed by atoms with van der Waals surface area (Å²) in [5.41, 5.74) is 1.11. The van der Waals surface area contributed by atoms with Gasteiger partial charge in [-0.1, -0.05) is 31.5 Å². The lowest BCUT2D eigenvalue weighted by Gasteiger charge is -2.11. The fourth-order valence-electron chi connectivity index (χ4n) is 1.70. The van der Waals surface area contributed by atoms with Crippen molar-refractivity contribution < 1.29 is 4.39 Å². The van der Waals surface area contributed by atoms with Crippen LogP contribution in [-0.2, 0) is 6.42 Å². The number of nitrogens with one attached hydrogen (secondary N) is 1. The zero-order valence-electron chi connectivity index (χ0n) is 9.89. The van der Waals surface area contributed by atoms with Crippen molar-refractivity contribution >= 4 is 11.6 Å². The van der Waals surface area contributed by atoms with E-state index < -0.39 is 0 Å².